The standard InChI is InChI=1S/C34H43N5O4.C2HF3O2/c1-4-24(40)10-6-5-7-12-30(37-33(41)21-27-23(2)36-29-15-14-25(42-3)20-28(27)29)34-35-22-31(38-34)26-11-8-9-13-32(26)39-16-18-43-19-17-39;3-2(4,5)1(6)7/h8-9,11,13-15,20,22,30,36H,4-7,10,12,16-19,21H2,1-3H3,(H,35,38)(H,37,41);(H,6,7)/t30-;/m0./s1. The smallest absolute Gasteiger partial charge is 0.490 e. The number of ketones is 1. The molecule has 4 N–H and O–H groups in total. The number of fused-ring (bicyclic) bond motifs is 1. The molecule has 0 saturated carbocycles. The molecule has 11 nitrogen and oxygen atoms in total. The highest BCUT2D eigenvalue weighted by Crippen LogP contribution is 2.32. The lowest BCUT2D eigenvalue weighted by molar-refractivity contribution is -0.192. The maximum absolute atomic E-state index is 13.5. The Kier molecular flexibility index (Phi) is 13.4. The van der Waals surface area contributed by atoms with Gasteiger partial charge in [-0.1, -0.05) is 38.0 Å². The number of aryl methyl sites for hydroxylation is 1. The first kappa shape index (κ1) is 38.0. The van der Waals surface area contributed by atoms with Crippen LogP contribution in [0.3, 0.4) is 0 Å². The summed E-state index contributed by atoms with van der Waals surface area (Å²) in [5.74, 6) is -1.03. The Bertz CT molecular complexity index is 1750. The van der Waals surface area contributed by atoms with Crippen molar-refractivity contribution in [1.82, 2.24) is 20.3 Å². The number of rotatable bonds is 14. The molecule has 0 bridgehead atoms. The number of imidazole rings is 1. The number of carbonyl (C=O) groups excluding carboxylic acids is 2. The summed E-state index contributed by atoms with van der Waals surface area (Å²) in [5.41, 5.74) is 6.05. The Balaban J connectivity index is 0.000000727. The van der Waals surface area contributed by atoms with Gasteiger partial charge in [0.05, 0.1) is 44.7 Å². The monoisotopic (exact) mass is 699 g/mol. The zero-order chi connectivity index (χ0) is 36.3. The Morgan fingerprint density at radius 3 is 2.48 bits per heavy atom. The highest BCUT2D eigenvalue weighted by Gasteiger charge is 2.38. The van der Waals surface area contributed by atoms with E-state index in [0.29, 0.717) is 31.8 Å². The number of nitrogens with one attached hydrogen (secondary N) is 3. The van der Waals surface area contributed by atoms with Crippen molar-refractivity contribution in [2.45, 2.75) is 71.0 Å². The summed E-state index contributed by atoms with van der Waals surface area (Å²) in [4.78, 5) is 48.2. The second-order valence-electron chi connectivity index (χ2n) is 12.0. The molecule has 1 aliphatic heterocycles. The Morgan fingerprint density at radius 2 is 1.80 bits per heavy atom. The summed E-state index contributed by atoms with van der Waals surface area (Å²) in [7, 11) is 1.65. The molecule has 1 fully saturated rings. The summed E-state index contributed by atoms with van der Waals surface area (Å²) in [5, 5.41) is 11.4. The summed E-state index contributed by atoms with van der Waals surface area (Å²) in [6.07, 6.45) is 1.61. The number of benzene rings is 2. The van der Waals surface area contributed by atoms with Gasteiger partial charge in [0.15, 0.2) is 0 Å². The second-order valence-corrected chi connectivity index (χ2v) is 12.0. The molecular formula is C36H44F3N5O6. The lowest BCUT2D eigenvalue weighted by Gasteiger charge is -2.30. The molecule has 2 aromatic carbocycles. The first-order valence-electron chi connectivity index (χ1n) is 16.6. The number of carboxylic acid groups (broad SMARTS) is 1. The molecule has 270 valence electrons. The number of anilines is 1. The van der Waals surface area contributed by atoms with Gasteiger partial charge in [-0.3, -0.25) is 9.59 Å². The number of aromatic amines is 2. The van der Waals surface area contributed by atoms with Crippen LogP contribution in [-0.2, 0) is 25.5 Å². The van der Waals surface area contributed by atoms with Crippen molar-refractivity contribution >= 4 is 34.3 Å². The van der Waals surface area contributed by atoms with Gasteiger partial charge in [-0.25, -0.2) is 9.78 Å². The second kappa shape index (κ2) is 17.7. The molecule has 2 aromatic heterocycles. The number of aromatic nitrogens is 3. The minimum Gasteiger partial charge on any atom is -0.497 e. The van der Waals surface area contributed by atoms with Crippen LogP contribution < -0.4 is 15.0 Å². The van der Waals surface area contributed by atoms with Crippen LogP contribution in [0.5, 0.6) is 5.75 Å². The topological polar surface area (TPSA) is 150 Å². The lowest BCUT2D eigenvalue weighted by atomic mass is 10.0. The van der Waals surface area contributed by atoms with Crippen molar-refractivity contribution < 1.29 is 42.1 Å². The number of morpholine rings is 1. The van der Waals surface area contributed by atoms with Crippen molar-refractivity contribution in [2.24, 2.45) is 0 Å². The van der Waals surface area contributed by atoms with E-state index in [1.165, 1.54) is 0 Å². The minimum absolute atomic E-state index is 0.0651. The number of alkyl halides is 3. The summed E-state index contributed by atoms with van der Waals surface area (Å²) < 4.78 is 42.7. The van der Waals surface area contributed by atoms with E-state index in [0.717, 1.165) is 89.5 Å². The van der Waals surface area contributed by atoms with Crippen LogP contribution in [0.1, 0.15) is 68.6 Å². The van der Waals surface area contributed by atoms with E-state index < -0.39 is 12.1 Å². The molecule has 0 unspecified atom stereocenters. The number of para-hydroxylation sites is 1. The molecule has 4 aromatic rings. The van der Waals surface area contributed by atoms with Crippen LogP contribution >= 0.6 is 0 Å². The fourth-order valence-electron chi connectivity index (χ4n) is 5.86. The highest BCUT2D eigenvalue weighted by atomic mass is 19.4. The van der Waals surface area contributed by atoms with Crippen LogP contribution in [0.15, 0.2) is 48.7 Å². The predicted molar refractivity (Wildman–Crippen MR) is 183 cm³/mol. The normalized spacial score (nSPS) is 13.8. The number of hydrogen-bond donors (Lipinski definition) is 4. The molecule has 1 amide bonds. The van der Waals surface area contributed by atoms with Gasteiger partial charge in [0.1, 0.15) is 17.4 Å². The van der Waals surface area contributed by atoms with Gasteiger partial charge < -0.3 is 34.8 Å². The number of amides is 1. The maximum atomic E-state index is 13.5. The number of unbranched alkanes of at least 4 members (excludes halogenated alkanes) is 2. The average molecular weight is 700 g/mol. The van der Waals surface area contributed by atoms with Crippen LogP contribution in [0.25, 0.3) is 22.2 Å². The zero-order valence-corrected chi connectivity index (χ0v) is 28.5. The van der Waals surface area contributed by atoms with E-state index in [2.05, 4.69) is 38.4 Å². The number of halogens is 3. The predicted octanol–water partition coefficient (Wildman–Crippen LogP) is 6.67. The third-order valence-electron chi connectivity index (χ3n) is 8.56. The van der Waals surface area contributed by atoms with Gasteiger partial charge in [-0.05, 0) is 49.6 Å². The van der Waals surface area contributed by atoms with Crippen molar-refractivity contribution in [3.8, 4) is 17.0 Å². The SMILES string of the molecule is CCC(=O)CCCCC[C@H](NC(=O)Cc1c(C)[nH]c2ccc(OC)cc12)c1ncc(-c2ccccc2N2CCOCC2)[nH]1.O=C(O)C(F)(F)F. The van der Waals surface area contributed by atoms with E-state index in [9.17, 15) is 22.8 Å². The van der Waals surface area contributed by atoms with Gasteiger partial charge >= 0.3 is 12.1 Å². The molecule has 0 radical (unpaired) electrons. The van der Waals surface area contributed by atoms with E-state index >= 15 is 0 Å². The molecule has 5 rings (SSSR count). The maximum Gasteiger partial charge on any atom is 0.490 e. The molecule has 1 saturated heterocycles. The average Bonchev–Trinajstić information content (AvgIpc) is 3.72. The Hall–Kier alpha value is -4.85. The van der Waals surface area contributed by atoms with Crippen LogP contribution in [0.4, 0.5) is 18.9 Å². The molecule has 50 heavy (non-hydrogen) atoms. The minimum atomic E-state index is -5.08. The van der Waals surface area contributed by atoms with E-state index in [4.69, 9.17) is 24.4 Å². The van der Waals surface area contributed by atoms with Crippen LogP contribution in [-0.4, -0.2) is 77.3 Å². The molecule has 0 aliphatic carbocycles. The fourth-order valence-corrected chi connectivity index (χ4v) is 5.86. The Labute approximate surface area is 288 Å². The number of hydrogen-bond acceptors (Lipinski definition) is 7. The highest BCUT2D eigenvalue weighted by molar-refractivity contribution is 5.91. The summed E-state index contributed by atoms with van der Waals surface area (Å²) in [6, 6.07) is 13.9. The van der Waals surface area contributed by atoms with Crippen molar-refractivity contribution in [3.63, 3.8) is 0 Å². The number of aliphatic carboxylic acids is 1. The number of H-pyrrole nitrogens is 2. The van der Waals surface area contributed by atoms with Crippen LogP contribution in [0.2, 0.25) is 0 Å². The number of ether oxygens (including phenoxy) is 2. The zero-order valence-electron chi connectivity index (χ0n) is 28.5. The molecule has 1 aliphatic rings. The quantitative estimate of drug-likeness (QED) is 0.107. The summed E-state index contributed by atoms with van der Waals surface area (Å²) >= 11 is 0. The van der Waals surface area contributed by atoms with Gasteiger partial charge in [0.2, 0.25) is 5.91 Å². The summed E-state index contributed by atoms with van der Waals surface area (Å²) in [6.45, 7) is 7.01. The van der Waals surface area contributed by atoms with Gasteiger partial charge in [0, 0.05) is 53.8 Å². The third-order valence-corrected chi connectivity index (χ3v) is 8.56. The van der Waals surface area contributed by atoms with Crippen molar-refractivity contribution in [2.75, 3.05) is 38.3 Å². The van der Waals surface area contributed by atoms with Crippen molar-refractivity contribution in [3.05, 3.63) is 65.7 Å². The lowest BCUT2D eigenvalue weighted by Crippen LogP contribution is -2.36. The van der Waals surface area contributed by atoms with E-state index in [1.807, 2.05) is 44.3 Å². The molecule has 1 atom stereocenters. The van der Waals surface area contributed by atoms with Gasteiger partial charge in [0.25, 0.3) is 0 Å². The molecular weight excluding hydrogens is 655 g/mol. The molecule has 0 spiro atoms. The van der Waals surface area contributed by atoms with E-state index in [-0.39, 0.29) is 18.4 Å². The van der Waals surface area contributed by atoms with Crippen molar-refractivity contribution in [1.29, 1.82) is 0 Å². The number of nitrogens with zero attached hydrogens (tertiary/aromatic N) is 2. The molecule has 3 heterocycles. The van der Waals surface area contributed by atoms with Gasteiger partial charge in [-0.15, -0.1) is 0 Å². The number of Topliss-reactive ketones (excluding diaryl/α,β-unsaturated/α-hetero) is 1. The third kappa shape index (κ3) is 10.3. The fraction of sp³-hybridized carbons (Fsp3) is 0.444. The first-order chi connectivity index (χ1) is 23.9. The Morgan fingerprint density at radius 1 is 1.08 bits per heavy atom. The number of carboxylic acids is 1. The van der Waals surface area contributed by atoms with Gasteiger partial charge in [-0.2, -0.15) is 13.2 Å². The largest absolute Gasteiger partial charge is 0.497 e. The first-order valence-corrected chi connectivity index (χ1v) is 16.6. The number of methoxy groups -OCH3 is 1. The number of carbonyl (C=O) groups is 3. The van der Waals surface area contributed by atoms with Crippen LogP contribution in [0, 0.1) is 6.92 Å². The molecule has 14 heteroatoms. The van der Waals surface area contributed by atoms with E-state index in [1.54, 1.807) is 7.11 Å².